The van der Waals surface area contributed by atoms with E-state index >= 15 is 0 Å². The molecule has 0 saturated carbocycles. The zero-order valence-corrected chi connectivity index (χ0v) is 11.7. The Kier molecular flexibility index (Phi) is 3.54. The van der Waals surface area contributed by atoms with Gasteiger partial charge < -0.3 is 9.47 Å². The van der Waals surface area contributed by atoms with Crippen molar-refractivity contribution in [2.45, 2.75) is 32.4 Å². The molecule has 0 radical (unpaired) electrons. The van der Waals surface area contributed by atoms with E-state index in [1.165, 1.54) is 5.69 Å². The highest BCUT2D eigenvalue weighted by Gasteiger charge is 2.30. The molecule has 0 fully saturated rings. The first-order valence-electron chi connectivity index (χ1n) is 7.17. The van der Waals surface area contributed by atoms with E-state index in [-0.39, 0.29) is 11.9 Å². The second-order valence-electron chi connectivity index (χ2n) is 5.17. The van der Waals surface area contributed by atoms with Gasteiger partial charge in [-0.15, -0.1) is 0 Å². The van der Waals surface area contributed by atoms with Crippen LogP contribution in [0.3, 0.4) is 0 Å². The highest BCUT2D eigenvalue weighted by molar-refractivity contribution is 5.94. The molecule has 3 rings (SSSR count). The van der Waals surface area contributed by atoms with E-state index in [1.807, 2.05) is 17.0 Å². The molecule has 2 aromatic rings. The molecule has 0 N–H and O–H groups in total. The van der Waals surface area contributed by atoms with Crippen molar-refractivity contribution >= 4 is 5.91 Å². The Bertz CT molecular complexity index is 591. The molecule has 104 valence electrons. The Balaban J connectivity index is 1.91. The summed E-state index contributed by atoms with van der Waals surface area (Å²) < 4.78 is 2.26. The van der Waals surface area contributed by atoms with Gasteiger partial charge in [0.25, 0.3) is 5.91 Å². The molecule has 0 aliphatic carbocycles. The van der Waals surface area contributed by atoms with Crippen LogP contribution < -0.4 is 0 Å². The lowest BCUT2D eigenvalue weighted by atomic mass is 10.0. The van der Waals surface area contributed by atoms with Crippen LogP contribution in [-0.4, -0.2) is 26.9 Å². The third-order valence-corrected chi connectivity index (χ3v) is 3.90. The number of carbonyl (C=O) groups is 1. The highest BCUT2D eigenvalue weighted by atomic mass is 16.2. The smallest absolute Gasteiger partial charge is 0.256 e. The summed E-state index contributed by atoms with van der Waals surface area (Å²) in [4.78, 5) is 18.7. The van der Waals surface area contributed by atoms with E-state index in [9.17, 15) is 4.79 Å². The minimum absolute atomic E-state index is 0.0870. The van der Waals surface area contributed by atoms with Gasteiger partial charge in [-0.25, -0.2) is 0 Å². The summed E-state index contributed by atoms with van der Waals surface area (Å²) in [6.07, 6.45) is 7.51. The van der Waals surface area contributed by atoms with Crippen LogP contribution in [0.5, 0.6) is 0 Å². The molecule has 1 aliphatic rings. The topological polar surface area (TPSA) is 38.1 Å². The van der Waals surface area contributed by atoms with Gasteiger partial charge in [0, 0.05) is 37.4 Å². The van der Waals surface area contributed by atoms with Crippen LogP contribution in [0.25, 0.3) is 0 Å². The molecule has 1 amide bonds. The van der Waals surface area contributed by atoms with Gasteiger partial charge in [-0.1, -0.05) is 13.3 Å². The van der Waals surface area contributed by atoms with Crippen molar-refractivity contribution in [3.8, 4) is 0 Å². The number of pyridine rings is 1. The van der Waals surface area contributed by atoms with E-state index in [0.717, 1.165) is 25.9 Å². The summed E-state index contributed by atoms with van der Waals surface area (Å²) in [5, 5.41) is 0. The first-order chi connectivity index (χ1) is 9.81. The molecule has 20 heavy (non-hydrogen) atoms. The van der Waals surface area contributed by atoms with Crippen molar-refractivity contribution in [3.05, 3.63) is 54.1 Å². The van der Waals surface area contributed by atoms with Crippen molar-refractivity contribution in [1.82, 2.24) is 14.5 Å². The van der Waals surface area contributed by atoms with Crippen molar-refractivity contribution < 1.29 is 4.79 Å². The lowest BCUT2D eigenvalue weighted by molar-refractivity contribution is 0.0610. The van der Waals surface area contributed by atoms with Gasteiger partial charge in [0.1, 0.15) is 0 Å². The van der Waals surface area contributed by atoms with Crippen LogP contribution in [0.1, 0.15) is 41.9 Å². The number of aromatic nitrogens is 2. The Morgan fingerprint density at radius 3 is 3.00 bits per heavy atom. The molecule has 4 heteroatoms. The van der Waals surface area contributed by atoms with E-state index in [4.69, 9.17) is 0 Å². The van der Waals surface area contributed by atoms with Gasteiger partial charge >= 0.3 is 0 Å². The largest absolute Gasteiger partial charge is 0.348 e. The molecule has 0 saturated heterocycles. The Morgan fingerprint density at radius 2 is 2.25 bits per heavy atom. The predicted molar refractivity (Wildman–Crippen MR) is 77.4 cm³/mol. The van der Waals surface area contributed by atoms with Gasteiger partial charge in [0.15, 0.2) is 0 Å². The van der Waals surface area contributed by atoms with Crippen molar-refractivity contribution in [2.75, 3.05) is 6.54 Å². The summed E-state index contributed by atoms with van der Waals surface area (Å²) in [7, 11) is 0. The fourth-order valence-corrected chi connectivity index (χ4v) is 2.94. The normalized spacial score (nSPS) is 17.9. The second-order valence-corrected chi connectivity index (χ2v) is 5.17. The summed E-state index contributed by atoms with van der Waals surface area (Å²) in [6.45, 7) is 3.79. The molecule has 0 bridgehead atoms. The quantitative estimate of drug-likeness (QED) is 0.859. The van der Waals surface area contributed by atoms with Crippen LogP contribution in [0, 0.1) is 0 Å². The van der Waals surface area contributed by atoms with E-state index < -0.39 is 0 Å². The van der Waals surface area contributed by atoms with Crippen molar-refractivity contribution in [3.63, 3.8) is 0 Å². The number of fused-ring (bicyclic) bond motifs is 1. The zero-order chi connectivity index (χ0) is 13.9. The maximum absolute atomic E-state index is 12.7. The molecular formula is C16H19N3O. The summed E-state index contributed by atoms with van der Waals surface area (Å²) in [5.74, 6) is 0.0870. The molecule has 0 spiro atoms. The molecule has 1 atom stereocenters. The monoisotopic (exact) mass is 269 g/mol. The third kappa shape index (κ3) is 2.22. The second kappa shape index (κ2) is 5.49. The molecular weight excluding hydrogens is 250 g/mol. The van der Waals surface area contributed by atoms with Crippen LogP contribution in [-0.2, 0) is 6.54 Å². The fraction of sp³-hybridized carbons (Fsp3) is 0.375. The minimum atomic E-state index is 0.0870. The first-order valence-corrected chi connectivity index (χ1v) is 7.17. The number of carbonyl (C=O) groups excluding carboxylic acids is 1. The van der Waals surface area contributed by atoms with Gasteiger partial charge in [-0.2, -0.15) is 0 Å². The maximum Gasteiger partial charge on any atom is 0.256 e. The molecule has 3 heterocycles. The molecule has 0 unspecified atom stereocenters. The number of rotatable bonds is 3. The summed E-state index contributed by atoms with van der Waals surface area (Å²) in [6, 6.07) is 8.02. The zero-order valence-electron chi connectivity index (χ0n) is 11.7. The van der Waals surface area contributed by atoms with Gasteiger partial charge in [0.2, 0.25) is 0 Å². The number of hydrogen-bond donors (Lipinski definition) is 0. The maximum atomic E-state index is 12.7. The Hall–Kier alpha value is -2.10. The first kappa shape index (κ1) is 12.9. The van der Waals surface area contributed by atoms with Crippen LogP contribution in [0.2, 0.25) is 0 Å². The average molecular weight is 269 g/mol. The SMILES string of the molecule is CCC[C@H]1c2cccn2CCN1C(=O)c1cccnc1. The average Bonchev–Trinajstić information content (AvgIpc) is 2.97. The third-order valence-electron chi connectivity index (χ3n) is 3.90. The van der Waals surface area contributed by atoms with Gasteiger partial charge in [-0.05, 0) is 30.7 Å². The molecule has 0 aromatic carbocycles. The van der Waals surface area contributed by atoms with Crippen LogP contribution in [0.4, 0.5) is 0 Å². The lowest BCUT2D eigenvalue weighted by Gasteiger charge is -2.37. The van der Waals surface area contributed by atoms with E-state index in [0.29, 0.717) is 5.56 Å². The fourth-order valence-electron chi connectivity index (χ4n) is 2.94. The van der Waals surface area contributed by atoms with Gasteiger partial charge in [0.05, 0.1) is 11.6 Å². The Labute approximate surface area is 119 Å². The van der Waals surface area contributed by atoms with E-state index in [1.54, 1.807) is 12.4 Å². The number of nitrogens with zero attached hydrogens (tertiary/aromatic N) is 3. The predicted octanol–water partition coefficient (Wildman–Crippen LogP) is 2.88. The highest BCUT2D eigenvalue weighted by Crippen LogP contribution is 2.31. The van der Waals surface area contributed by atoms with Crippen molar-refractivity contribution in [1.29, 1.82) is 0 Å². The van der Waals surface area contributed by atoms with Gasteiger partial charge in [-0.3, -0.25) is 9.78 Å². The van der Waals surface area contributed by atoms with Crippen LogP contribution in [0.15, 0.2) is 42.9 Å². The summed E-state index contributed by atoms with van der Waals surface area (Å²) >= 11 is 0. The van der Waals surface area contributed by atoms with E-state index in [2.05, 4.69) is 34.8 Å². The summed E-state index contributed by atoms with van der Waals surface area (Å²) in [5.41, 5.74) is 1.92. The van der Waals surface area contributed by atoms with Crippen LogP contribution >= 0.6 is 0 Å². The number of hydrogen-bond acceptors (Lipinski definition) is 2. The number of amides is 1. The minimum Gasteiger partial charge on any atom is -0.348 e. The standard InChI is InChI=1S/C16H19N3O/c1-2-5-15-14-7-4-9-18(14)10-11-19(15)16(20)13-6-3-8-17-12-13/h3-4,6-9,12,15H,2,5,10-11H2,1H3/t15-/m0/s1. The Morgan fingerprint density at radius 1 is 1.35 bits per heavy atom. The molecule has 1 aliphatic heterocycles. The van der Waals surface area contributed by atoms with Crippen molar-refractivity contribution in [2.24, 2.45) is 0 Å². The molecule has 4 nitrogen and oxygen atoms in total. The molecule has 2 aromatic heterocycles. The lowest BCUT2D eigenvalue weighted by Crippen LogP contribution is -2.41.